The van der Waals surface area contributed by atoms with E-state index in [0.717, 1.165) is 55.2 Å². The van der Waals surface area contributed by atoms with Gasteiger partial charge in [-0.3, -0.25) is 9.59 Å². The average molecular weight is 495 g/mol. The number of ketones is 2. The number of rotatable bonds is 0. The van der Waals surface area contributed by atoms with Gasteiger partial charge in [0.15, 0.2) is 0 Å². The molecule has 2 heteroatoms. The minimum Gasteiger partial charge on any atom is -0.290 e. The van der Waals surface area contributed by atoms with Gasteiger partial charge in [-0.15, -0.1) is 0 Å². The molecule has 0 aliphatic heterocycles. The smallest absolute Gasteiger partial charge is 0.225 e. The third kappa shape index (κ3) is 3.01. The molecule has 2 nitrogen and oxygen atoms in total. The highest BCUT2D eigenvalue weighted by atomic mass is 16.2. The monoisotopic (exact) mass is 494 g/mol. The molecule has 8 bridgehead atoms. The quantitative estimate of drug-likeness (QED) is 0.260. The minimum atomic E-state index is -0.312. The van der Waals surface area contributed by atoms with Gasteiger partial charge in [0, 0.05) is 23.3 Å². The average Bonchev–Trinajstić information content (AvgIpc) is 3.31. The molecule has 4 unspecified atom stereocenters. The standard InChI is InChI=1S/C36H30O2/c37-35-33-17-23-5-3-21-7-19-1-2-20-8-22-4-6-24-18-34(36(35)38)32-15-30(24)13-28(22)11-26(20)9-25(19)10-27(21)12-29(23)14-31(33)16-32/h1-6,10-11,14-15,19,22,24,33H,7-9,12-13,16-18H2. The summed E-state index contributed by atoms with van der Waals surface area (Å²) in [6, 6.07) is 0. The van der Waals surface area contributed by atoms with E-state index in [4.69, 9.17) is 0 Å². The van der Waals surface area contributed by atoms with Crippen LogP contribution in [-0.2, 0) is 9.59 Å². The number of allylic oxidation sites excluding steroid dienone is 22. The van der Waals surface area contributed by atoms with Crippen LogP contribution in [0.25, 0.3) is 0 Å². The summed E-state index contributed by atoms with van der Waals surface area (Å²) in [6.45, 7) is 0. The lowest BCUT2D eigenvalue weighted by molar-refractivity contribution is -0.136. The molecule has 9 aliphatic rings. The lowest BCUT2D eigenvalue weighted by Gasteiger charge is -2.28. The molecular weight excluding hydrogens is 464 g/mol. The second kappa shape index (κ2) is 7.53. The largest absolute Gasteiger partial charge is 0.290 e. The molecule has 38 heavy (non-hydrogen) atoms. The van der Waals surface area contributed by atoms with Crippen molar-refractivity contribution >= 4 is 11.6 Å². The zero-order valence-corrected chi connectivity index (χ0v) is 21.6. The van der Waals surface area contributed by atoms with E-state index in [0.29, 0.717) is 24.7 Å². The Balaban J connectivity index is 1.28. The van der Waals surface area contributed by atoms with E-state index < -0.39 is 0 Å². The van der Waals surface area contributed by atoms with Gasteiger partial charge in [0.25, 0.3) is 0 Å². The first-order chi connectivity index (χ1) is 18.6. The van der Waals surface area contributed by atoms with E-state index in [9.17, 15) is 9.59 Å². The second-order valence-corrected chi connectivity index (χ2v) is 12.7. The molecule has 4 atom stereocenters. The maximum absolute atomic E-state index is 13.7. The van der Waals surface area contributed by atoms with Gasteiger partial charge < -0.3 is 0 Å². The maximum atomic E-state index is 13.7. The summed E-state index contributed by atoms with van der Waals surface area (Å²) in [5, 5.41) is 0. The molecular formula is C36H30O2. The minimum absolute atomic E-state index is 0.188. The van der Waals surface area contributed by atoms with Crippen molar-refractivity contribution in [3.05, 3.63) is 128 Å². The Hall–Kier alpha value is -3.52. The molecule has 0 N–H and O–H groups in total. The van der Waals surface area contributed by atoms with Crippen LogP contribution >= 0.6 is 0 Å². The number of hydrogen-bond acceptors (Lipinski definition) is 2. The summed E-state index contributed by atoms with van der Waals surface area (Å²) in [6.07, 6.45) is 31.0. The zero-order chi connectivity index (χ0) is 25.1. The Morgan fingerprint density at radius 3 is 1.82 bits per heavy atom. The molecule has 0 aromatic rings. The molecule has 9 aliphatic carbocycles. The molecule has 0 aromatic carbocycles. The highest BCUT2D eigenvalue weighted by molar-refractivity contribution is 6.45. The Labute approximate surface area is 223 Å². The van der Waals surface area contributed by atoms with Gasteiger partial charge in [-0.1, -0.05) is 83.1 Å². The number of hydrogen-bond donors (Lipinski definition) is 0. The Morgan fingerprint density at radius 2 is 1.03 bits per heavy atom. The van der Waals surface area contributed by atoms with Crippen molar-refractivity contribution in [3.8, 4) is 0 Å². The van der Waals surface area contributed by atoms with Crippen LogP contribution in [0.3, 0.4) is 0 Å². The molecule has 0 amide bonds. The van der Waals surface area contributed by atoms with Crippen LogP contribution in [0.4, 0.5) is 0 Å². The van der Waals surface area contributed by atoms with E-state index in [1.54, 1.807) is 5.57 Å². The van der Waals surface area contributed by atoms with Crippen molar-refractivity contribution < 1.29 is 9.59 Å². The van der Waals surface area contributed by atoms with Crippen molar-refractivity contribution in [1.82, 2.24) is 0 Å². The molecule has 0 saturated heterocycles. The highest BCUT2D eigenvalue weighted by Crippen LogP contribution is 2.50. The summed E-state index contributed by atoms with van der Waals surface area (Å²) >= 11 is 0. The molecule has 0 heterocycles. The number of carbonyl (C=O) groups excluding carboxylic acids is 2. The van der Waals surface area contributed by atoms with Crippen molar-refractivity contribution in [2.45, 2.75) is 51.4 Å². The maximum Gasteiger partial charge on any atom is 0.225 e. The first-order valence-electron chi connectivity index (χ1n) is 14.4. The van der Waals surface area contributed by atoms with Gasteiger partial charge >= 0.3 is 0 Å². The third-order valence-electron chi connectivity index (χ3n) is 10.7. The van der Waals surface area contributed by atoms with Crippen molar-refractivity contribution in [2.75, 3.05) is 0 Å². The van der Waals surface area contributed by atoms with E-state index in [-0.39, 0.29) is 23.4 Å². The molecule has 0 spiro atoms. The van der Waals surface area contributed by atoms with E-state index in [1.165, 1.54) is 44.6 Å². The van der Waals surface area contributed by atoms with Crippen molar-refractivity contribution in [3.63, 3.8) is 0 Å². The summed E-state index contributed by atoms with van der Waals surface area (Å²) in [7, 11) is 0. The van der Waals surface area contributed by atoms with Crippen LogP contribution in [0.2, 0.25) is 0 Å². The summed E-state index contributed by atoms with van der Waals surface area (Å²) < 4.78 is 0. The van der Waals surface area contributed by atoms with Gasteiger partial charge in [0.2, 0.25) is 11.6 Å². The van der Waals surface area contributed by atoms with Gasteiger partial charge in [0.05, 0.1) is 5.92 Å². The molecule has 0 radical (unpaired) electrons. The van der Waals surface area contributed by atoms with Gasteiger partial charge in [0.1, 0.15) is 0 Å². The first-order valence-corrected chi connectivity index (χ1v) is 14.4. The van der Waals surface area contributed by atoms with Gasteiger partial charge in [-0.25, -0.2) is 0 Å². The van der Waals surface area contributed by atoms with Crippen LogP contribution in [0, 0.1) is 23.7 Å². The van der Waals surface area contributed by atoms with Crippen LogP contribution in [0.15, 0.2) is 128 Å². The molecule has 186 valence electrons. The summed E-state index contributed by atoms with van der Waals surface area (Å²) in [5.41, 5.74) is 16.0. The fraction of sp³-hybridized carbons (Fsp3) is 0.333. The SMILES string of the molecule is O=C1C(=O)C2CC3=C4C=C2CC2=C1CC1C=CC5CC6=C(C=C5CC1=C2)CC1=CC(=C(C=C3)CC1C=C6)C4. The molecule has 9 rings (SSSR count). The zero-order valence-electron chi connectivity index (χ0n) is 21.6. The predicted molar refractivity (Wildman–Crippen MR) is 149 cm³/mol. The lowest BCUT2D eigenvalue weighted by Crippen LogP contribution is -2.27. The Morgan fingerprint density at radius 1 is 0.474 bits per heavy atom. The fourth-order valence-electron chi connectivity index (χ4n) is 8.51. The molecule has 0 saturated carbocycles. The molecule has 0 aromatic heterocycles. The number of Topliss-reactive ketones (excluding diaryl/α,β-unsaturated/α-hetero) is 2. The normalized spacial score (nSPS) is 34.0. The Bertz CT molecular complexity index is 1640. The fourth-order valence-corrected chi connectivity index (χ4v) is 8.51. The third-order valence-corrected chi connectivity index (χ3v) is 10.7. The lowest BCUT2D eigenvalue weighted by atomic mass is 9.76. The summed E-state index contributed by atoms with van der Waals surface area (Å²) in [5.74, 6) is 0.368. The van der Waals surface area contributed by atoms with E-state index in [2.05, 4.69) is 60.8 Å². The van der Waals surface area contributed by atoms with Crippen LogP contribution in [-0.4, -0.2) is 11.6 Å². The first kappa shape index (κ1) is 21.4. The number of carbonyl (C=O) groups is 2. The van der Waals surface area contributed by atoms with E-state index in [1.807, 2.05) is 0 Å². The van der Waals surface area contributed by atoms with Crippen LogP contribution < -0.4 is 0 Å². The van der Waals surface area contributed by atoms with Crippen molar-refractivity contribution in [1.29, 1.82) is 0 Å². The van der Waals surface area contributed by atoms with Gasteiger partial charge in [-0.05, 0) is 90.4 Å². The predicted octanol–water partition coefficient (Wildman–Crippen LogP) is 7.39. The van der Waals surface area contributed by atoms with Crippen molar-refractivity contribution in [2.24, 2.45) is 23.7 Å². The Kier molecular flexibility index (Phi) is 4.24. The van der Waals surface area contributed by atoms with E-state index >= 15 is 0 Å². The summed E-state index contributed by atoms with van der Waals surface area (Å²) in [4.78, 5) is 27.3. The highest BCUT2D eigenvalue weighted by Gasteiger charge is 2.41. The topological polar surface area (TPSA) is 34.1 Å². The van der Waals surface area contributed by atoms with Crippen LogP contribution in [0.5, 0.6) is 0 Å². The van der Waals surface area contributed by atoms with Gasteiger partial charge in [-0.2, -0.15) is 0 Å². The van der Waals surface area contributed by atoms with Crippen LogP contribution in [0.1, 0.15) is 51.4 Å². The second-order valence-electron chi connectivity index (χ2n) is 12.7. The molecule has 0 fully saturated rings.